The Kier molecular flexibility index (Phi) is 7.06. The van der Waals surface area contributed by atoms with Crippen LogP contribution in [-0.4, -0.2) is 31.8 Å². The zero-order chi connectivity index (χ0) is 16.8. The van der Waals surface area contributed by atoms with Crippen LogP contribution in [0, 0.1) is 5.82 Å². The van der Waals surface area contributed by atoms with Crippen LogP contribution in [0.25, 0.3) is 0 Å². The predicted molar refractivity (Wildman–Crippen MR) is 97.6 cm³/mol. The Morgan fingerprint density at radius 3 is 2.65 bits per heavy atom. The van der Waals surface area contributed by atoms with E-state index < -0.39 is 0 Å². The molecular weight excluding hydrogens is 333 g/mol. The molecule has 0 bridgehead atoms. The molecule has 0 unspecified atom stereocenters. The first-order valence-corrected chi connectivity index (χ1v) is 9.06. The molecule has 0 radical (unpaired) electrons. The zero-order valence-corrected chi connectivity index (χ0v) is 15.4. The van der Waals surface area contributed by atoms with Gasteiger partial charge in [-0.2, -0.15) is 0 Å². The second-order valence-corrected chi connectivity index (χ2v) is 7.27. The number of hydrogen-bond donors (Lipinski definition) is 3. The van der Waals surface area contributed by atoms with E-state index in [4.69, 9.17) is 23.8 Å². The lowest BCUT2D eigenvalue weighted by molar-refractivity contribution is -0.890. The summed E-state index contributed by atoms with van der Waals surface area (Å²) in [7, 11) is 3.99. The summed E-state index contributed by atoms with van der Waals surface area (Å²) in [5.41, 5.74) is 0.544. The van der Waals surface area contributed by atoms with Crippen LogP contribution in [0.4, 0.5) is 4.39 Å². The van der Waals surface area contributed by atoms with E-state index in [1.165, 1.54) is 38.2 Å². The molecule has 0 spiro atoms. The van der Waals surface area contributed by atoms with E-state index in [0.717, 1.165) is 4.90 Å². The molecule has 1 saturated carbocycles. The molecule has 0 amide bonds. The Balaban J connectivity index is 1.96. The first-order valence-electron chi connectivity index (χ1n) is 8.27. The second-order valence-electron chi connectivity index (χ2n) is 6.45. The minimum atomic E-state index is -0.267. The first kappa shape index (κ1) is 18.4. The van der Waals surface area contributed by atoms with Gasteiger partial charge in [0.2, 0.25) is 0 Å². The van der Waals surface area contributed by atoms with E-state index in [1.807, 2.05) is 14.1 Å². The normalized spacial score (nSPS) is 17.1. The smallest absolute Gasteiger partial charge is 0.166 e. The molecule has 0 aliphatic heterocycles. The van der Waals surface area contributed by atoms with Crippen molar-refractivity contribution in [3.05, 3.63) is 34.6 Å². The summed E-state index contributed by atoms with van der Waals surface area (Å²) >= 11 is 11.6. The SMILES string of the molecule is C[NH+](C)[C@H](CNC(=S)NC1CCCCC1)c1c(F)cccc1Cl. The zero-order valence-electron chi connectivity index (χ0n) is 13.8. The Morgan fingerprint density at radius 2 is 2.04 bits per heavy atom. The van der Waals surface area contributed by atoms with Gasteiger partial charge in [0.25, 0.3) is 0 Å². The van der Waals surface area contributed by atoms with E-state index >= 15 is 0 Å². The first-order chi connectivity index (χ1) is 11.0. The topological polar surface area (TPSA) is 28.5 Å². The number of thiocarbonyl (C=S) groups is 1. The van der Waals surface area contributed by atoms with Gasteiger partial charge >= 0.3 is 0 Å². The number of nitrogens with one attached hydrogen (secondary N) is 3. The number of rotatable bonds is 5. The molecule has 3 N–H and O–H groups in total. The number of halogens is 2. The molecule has 1 aromatic carbocycles. The highest BCUT2D eigenvalue weighted by atomic mass is 35.5. The highest BCUT2D eigenvalue weighted by Gasteiger charge is 2.25. The van der Waals surface area contributed by atoms with Gasteiger partial charge in [0.05, 0.1) is 31.2 Å². The summed E-state index contributed by atoms with van der Waals surface area (Å²) < 4.78 is 14.2. The van der Waals surface area contributed by atoms with E-state index in [9.17, 15) is 4.39 Å². The van der Waals surface area contributed by atoms with E-state index in [-0.39, 0.29) is 11.9 Å². The summed E-state index contributed by atoms with van der Waals surface area (Å²) in [6.45, 7) is 0.543. The van der Waals surface area contributed by atoms with Crippen molar-refractivity contribution < 1.29 is 9.29 Å². The maximum atomic E-state index is 14.2. The lowest BCUT2D eigenvalue weighted by atomic mass is 9.96. The number of benzene rings is 1. The van der Waals surface area contributed by atoms with Crippen LogP contribution in [0.1, 0.15) is 43.7 Å². The summed E-state index contributed by atoms with van der Waals surface area (Å²) in [5, 5.41) is 7.73. The average molecular weight is 359 g/mol. The van der Waals surface area contributed by atoms with Crippen molar-refractivity contribution in [1.82, 2.24) is 10.6 Å². The van der Waals surface area contributed by atoms with Crippen molar-refractivity contribution in [3.63, 3.8) is 0 Å². The maximum absolute atomic E-state index is 14.2. The van der Waals surface area contributed by atoms with E-state index in [0.29, 0.717) is 28.3 Å². The molecule has 1 atom stereocenters. The van der Waals surface area contributed by atoms with Gasteiger partial charge < -0.3 is 15.5 Å². The largest absolute Gasteiger partial charge is 0.360 e. The molecule has 2 rings (SSSR count). The van der Waals surface area contributed by atoms with Gasteiger partial charge in [0.15, 0.2) is 5.11 Å². The Bertz CT molecular complexity index is 512. The van der Waals surface area contributed by atoms with Gasteiger partial charge in [-0.3, -0.25) is 0 Å². The van der Waals surface area contributed by atoms with Crippen LogP contribution < -0.4 is 15.5 Å². The summed E-state index contributed by atoms with van der Waals surface area (Å²) in [6, 6.07) is 5.18. The van der Waals surface area contributed by atoms with Crippen molar-refractivity contribution in [2.45, 2.75) is 44.2 Å². The van der Waals surface area contributed by atoms with E-state index in [2.05, 4.69) is 10.6 Å². The van der Waals surface area contributed by atoms with Crippen LogP contribution >= 0.6 is 23.8 Å². The Labute approximate surface area is 148 Å². The number of quaternary nitrogens is 1. The maximum Gasteiger partial charge on any atom is 0.166 e. The molecule has 0 saturated heterocycles. The molecule has 6 heteroatoms. The third-order valence-corrected chi connectivity index (χ3v) is 5.04. The van der Waals surface area contributed by atoms with Crippen molar-refractivity contribution in [2.24, 2.45) is 0 Å². The van der Waals surface area contributed by atoms with Gasteiger partial charge in [0.1, 0.15) is 11.9 Å². The number of likely N-dealkylation sites (N-methyl/N-ethyl adjacent to an activating group) is 1. The Hall–Kier alpha value is -0.910. The second kappa shape index (κ2) is 8.81. The van der Waals surface area contributed by atoms with Crippen molar-refractivity contribution in [1.29, 1.82) is 0 Å². The molecular formula is C17H26ClFN3S+. The van der Waals surface area contributed by atoms with Gasteiger partial charge in [-0.25, -0.2) is 4.39 Å². The van der Waals surface area contributed by atoms with Crippen LogP contribution in [0.3, 0.4) is 0 Å². The predicted octanol–water partition coefficient (Wildman–Crippen LogP) is 2.46. The van der Waals surface area contributed by atoms with Gasteiger partial charge in [-0.05, 0) is 37.2 Å². The van der Waals surface area contributed by atoms with Crippen LogP contribution in [0.2, 0.25) is 5.02 Å². The van der Waals surface area contributed by atoms with Crippen molar-refractivity contribution in [2.75, 3.05) is 20.6 Å². The number of hydrogen-bond acceptors (Lipinski definition) is 1. The molecule has 1 aliphatic carbocycles. The molecule has 3 nitrogen and oxygen atoms in total. The third kappa shape index (κ3) is 5.30. The minimum absolute atomic E-state index is 0.102. The molecule has 1 aliphatic rings. The third-order valence-electron chi connectivity index (χ3n) is 4.45. The summed E-state index contributed by atoms with van der Waals surface area (Å²) in [6.07, 6.45) is 6.17. The highest BCUT2D eigenvalue weighted by Crippen LogP contribution is 2.24. The molecule has 0 aromatic heterocycles. The lowest BCUT2D eigenvalue weighted by Gasteiger charge is -2.27. The fourth-order valence-corrected chi connectivity index (χ4v) is 3.66. The molecule has 0 heterocycles. The van der Waals surface area contributed by atoms with Gasteiger partial charge in [-0.1, -0.05) is 36.9 Å². The monoisotopic (exact) mass is 358 g/mol. The molecule has 128 valence electrons. The summed E-state index contributed by atoms with van der Waals surface area (Å²) in [5.74, 6) is -0.267. The quantitative estimate of drug-likeness (QED) is 0.706. The minimum Gasteiger partial charge on any atom is -0.360 e. The fraction of sp³-hybridized carbons (Fsp3) is 0.588. The summed E-state index contributed by atoms with van der Waals surface area (Å²) in [4.78, 5) is 1.10. The molecule has 1 fully saturated rings. The Morgan fingerprint density at radius 1 is 1.35 bits per heavy atom. The van der Waals surface area contributed by atoms with Crippen molar-refractivity contribution >= 4 is 28.9 Å². The standard InChI is InChI=1S/C17H25ClFN3S/c1-22(2)15(16-13(18)9-6-10-14(16)19)11-20-17(23)21-12-7-4-3-5-8-12/h6,9-10,12,15H,3-5,7-8,11H2,1-2H3,(H2,20,21,23)/p+1/t15-/m1/s1. The molecule has 1 aromatic rings. The average Bonchev–Trinajstić information content (AvgIpc) is 2.50. The van der Waals surface area contributed by atoms with Crippen molar-refractivity contribution in [3.8, 4) is 0 Å². The van der Waals surface area contributed by atoms with Gasteiger partial charge in [-0.15, -0.1) is 0 Å². The molecule has 23 heavy (non-hydrogen) atoms. The van der Waals surface area contributed by atoms with Crippen LogP contribution in [-0.2, 0) is 0 Å². The lowest BCUT2D eigenvalue weighted by Crippen LogP contribution is -3.07. The van der Waals surface area contributed by atoms with Crippen LogP contribution in [0.5, 0.6) is 0 Å². The van der Waals surface area contributed by atoms with Crippen LogP contribution in [0.15, 0.2) is 18.2 Å². The highest BCUT2D eigenvalue weighted by molar-refractivity contribution is 7.80. The fourth-order valence-electron chi connectivity index (χ4n) is 3.12. The van der Waals surface area contributed by atoms with Gasteiger partial charge in [0, 0.05) is 6.04 Å². The van der Waals surface area contributed by atoms with E-state index in [1.54, 1.807) is 12.1 Å².